The first kappa shape index (κ1) is 10.2. The maximum atomic E-state index is 5.23. The van der Waals surface area contributed by atoms with Crippen molar-refractivity contribution in [1.82, 2.24) is 0 Å². The molecule has 0 spiro atoms. The van der Waals surface area contributed by atoms with E-state index in [2.05, 4.69) is 18.8 Å². The minimum absolute atomic E-state index is 0.464. The topological polar surface area (TPSA) is 38.4 Å². The predicted molar refractivity (Wildman–Crippen MR) is 50.8 cm³/mol. The van der Waals surface area contributed by atoms with Crippen LogP contribution < -0.4 is 5.73 Å². The van der Waals surface area contributed by atoms with Gasteiger partial charge in [0.15, 0.2) is 0 Å². The van der Waals surface area contributed by atoms with Crippen LogP contribution in [0.3, 0.4) is 0 Å². The number of hydrogen-bond donors (Lipinski definition) is 1. The summed E-state index contributed by atoms with van der Waals surface area (Å²) in [6.07, 6.45) is 5.57. The van der Waals surface area contributed by atoms with E-state index in [1.54, 1.807) is 0 Å². The van der Waals surface area contributed by atoms with Gasteiger partial charge in [0, 0.05) is 11.8 Å². The second kappa shape index (κ2) is 5.96. The van der Waals surface area contributed by atoms with Gasteiger partial charge < -0.3 is 5.73 Å². The number of nitrogens with zero attached hydrogens (tertiary/aromatic N) is 1. The SMILES string of the molecule is CCC(CC)N=C(C)/C=C\N. The standard InChI is InChI=1S/C9H18N2/c1-4-9(5-2)11-8(3)6-7-10/h6-7,9H,4-5,10H2,1-3H3/b7-6-,11-8?. The number of aliphatic imine (C=N–C) groups is 1. The van der Waals surface area contributed by atoms with E-state index in [1.807, 2.05) is 13.0 Å². The van der Waals surface area contributed by atoms with Crippen LogP contribution in [0.25, 0.3) is 0 Å². The molecule has 0 aliphatic carbocycles. The van der Waals surface area contributed by atoms with E-state index in [4.69, 9.17) is 5.73 Å². The maximum absolute atomic E-state index is 5.23. The maximum Gasteiger partial charge on any atom is 0.0497 e. The lowest BCUT2D eigenvalue weighted by Gasteiger charge is -2.05. The average Bonchev–Trinajstić information content (AvgIpc) is 2.01. The quantitative estimate of drug-likeness (QED) is 0.619. The first-order valence-electron chi connectivity index (χ1n) is 4.17. The summed E-state index contributed by atoms with van der Waals surface area (Å²) in [4.78, 5) is 4.45. The molecule has 0 fully saturated rings. The van der Waals surface area contributed by atoms with Gasteiger partial charge in [0.25, 0.3) is 0 Å². The molecule has 64 valence electrons. The van der Waals surface area contributed by atoms with Crippen molar-refractivity contribution in [2.45, 2.75) is 39.7 Å². The zero-order valence-electron chi connectivity index (χ0n) is 7.67. The molecule has 0 saturated heterocycles. The molecule has 0 aromatic carbocycles. The van der Waals surface area contributed by atoms with Crippen LogP contribution in [0.2, 0.25) is 0 Å². The third-order valence-electron chi connectivity index (χ3n) is 1.67. The van der Waals surface area contributed by atoms with Crippen LogP contribution in [0, 0.1) is 0 Å². The van der Waals surface area contributed by atoms with Crippen molar-refractivity contribution < 1.29 is 0 Å². The van der Waals surface area contributed by atoms with Gasteiger partial charge in [-0.25, -0.2) is 0 Å². The van der Waals surface area contributed by atoms with Gasteiger partial charge in [-0.2, -0.15) is 0 Å². The molecule has 0 amide bonds. The van der Waals surface area contributed by atoms with Gasteiger partial charge in [0.1, 0.15) is 0 Å². The van der Waals surface area contributed by atoms with Crippen LogP contribution in [0.5, 0.6) is 0 Å². The van der Waals surface area contributed by atoms with Gasteiger partial charge in [0.05, 0.1) is 0 Å². The normalized spacial score (nSPS) is 13.3. The predicted octanol–water partition coefficient (Wildman–Crippen LogP) is 2.11. The van der Waals surface area contributed by atoms with Gasteiger partial charge in [-0.1, -0.05) is 13.8 Å². The Kier molecular flexibility index (Phi) is 5.53. The molecular weight excluding hydrogens is 136 g/mol. The zero-order chi connectivity index (χ0) is 8.69. The highest BCUT2D eigenvalue weighted by Gasteiger charge is 1.98. The lowest BCUT2D eigenvalue weighted by atomic mass is 10.2. The summed E-state index contributed by atoms with van der Waals surface area (Å²) in [5.41, 5.74) is 6.24. The Balaban J connectivity index is 4.02. The summed E-state index contributed by atoms with van der Waals surface area (Å²) in [5, 5.41) is 0. The fourth-order valence-electron chi connectivity index (χ4n) is 0.942. The van der Waals surface area contributed by atoms with Crippen LogP contribution in [-0.4, -0.2) is 11.8 Å². The molecule has 0 radical (unpaired) electrons. The summed E-state index contributed by atoms with van der Waals surface area (Å²) in [6.45, 7) is 6.27. The van der Waals surface area contributed by atoms with Gasteiger partial charge in [0.2, 0.25) is 0 Å². The minimum atomic E-state index is 0.464. The summed E-state index contributed by atoms with van der Waals surface area (Å²) in [7, 11) is 0. The molecule has 0 heterocycles. The van der Waals surface area contributed by atoms with Crippen molar-refractivity contribution in [1.29, 1.82) is 0 Å². The van der Waals surface area contributed by atoms with Crippen molar-refractivity contribution in [3.05, 3.63) is 12.3 Å². The van der Waals surface area contributed by atoms with Crippen molar-refractivity contribution in [2.75, 3.05) is 0 Å². The first-order chi connectivity index (χ1) is 5.24. The highest BCUT2D eigenvalue weighted by molar-refractivity contribution is 5.92. The van der Waals surface area contributed by atoms with E-state index in [-0.39, 0.29) is 0 Å². The van der Waals surface area contributed by atoms with E-state index in [0.717, 1.165) is 18.6 Å². The molecule has 0 aliphatic rings. The van der Waals surface area contributed by atoms with E-state index in [9.17, 15) is 0 Å². The number of allylic oxidation sites excluding steroid dienone is 1. The fraction of sp³-hybridized carbons (Fsp3) is 0.667. The Bertz CT molecular complexity index is 144. The van der Waals surface area contributed by atoms with E-state index in [1.165, 1.54) is 6.20 Å². The Morgan fingerprint density at radius 2 is 2.00 bits per heavy atom. The van der Waals surface area contributed by atoms with Crippen molar-refractivity contribution in [3.8, 4) is 0 Å². The summed E-state index contributed by atoms with van der Waals surface area (Å²) >= 11 is 0. The lowest BCUT2D eigenvalue weighted by Crippen LogP contribution is -2.03. The molecule has 2 N–H and O–H groups in total. The molecule has 0 aromatic heterocycles. The van der Waals surface area contributed by atoms with Crippen LogP contribution in [0.1, 0.15) is 33.6 Å². The van der Waals surface area contributed by atoms with Crippen molar-refractivity contribution in [3.63, 3.8) is 0 Å². The van der Waals surface area contributed by atoms with Gasteiger partial charge in [-0.05, 0) is 32.0 Å². The molecule has 0 atom stereocenters. The third kappa shape index (κ3) is 4.59. The third-order valence-corrected chi connectivity index (χ3v) is 1.67. The molecule has 2 nitrogen and oxygen atoms in total. The molecule has 2 heteroatoms. The Morgan fingerprint density at radius 3 is 2.36 bits per heavy atom. The van der Waals surface area contributed by atoms with E-state index in [0.29, 0.717) is 6.04 Å². The smallest absolute Gasteiger partial charge is 0.0497 e. The lowest BCUT2D eigenvalue weighted by molar-refractivity contribution is 0.632. The van der Waals surface area contributed by atoms with Gasteiger partial charge in [-0.3, -0.25) is 4.99 Å². The van der Waals surface area contributed by atoms with Gasteiger partial charge in [-0.15, -0.1) is 0 Å². The first-order valence-corrected chi connectivity index (χ1v) is 4.17. The zero-order valence-corrected chi connectivity index (χ0v) is 7.67. The van der Waals surface area contributed by atoms with E-state index < -0.39 is 0 Å². The number of rotatable bonds is 4. The number of nitrogens with two attached hydrogens (primary N) is 1. The largest absolute Gasteiger partial charge is 0.405 e. The molecular formula is C9H18N2. The monoisotopic (exact) mass is 154 g/mol. The molecule has 0 saturated carbocycles. The molecule has 0 rings (SSSR count). The highest BCUT2D eigenvalue weighted by Crippen LogP contribution is 2.02. The molecule has 11 heavy (non-hydrogen) atoms. The highest BCUT2D eigenvalue weighted by atomic mass is 14.8. The molecule has 0 bridgehead atoms. The Morgan fingerprint density at radius 1 is 1.45 bits per heavy atom. The Hall–Kier alpha value is -0.790. The van der Waals surface area contributed by atoms with Gasteiger partial charge >= 0.3 is 0 Å². The molecule has 0 unspecified atom stereocenters. The summed E-state index contributed by atoms with van der Waals surface area (Å²) in [5.74, 6) is 0. The minimum Gasteiger partial charge on any atom is -0.405 e. The van der Waals surface area contributed by atoms with Crippen LogP contribution in [0.4, 0.5) is 0 Å². The van der Waals surface area contributed by atoms with Crippen LogP contribution in [0.15, 0.2) is 17.3 Å². The van der Waals surface area contributed by atoms with Crippen LogP contribution >= 0.6 is 0 Å². The fourth-order valence-corrected chi connectivity index (χ4v) is 0.942. The summed E-state index contributed by atoms with van der Waals surface area (Å²) < 4.78 is 0. The Labute approximate surface area is 69.2 Å². The van der Waals surface area contributed by atoms with Crippen LogP contribution in [-0.2, 0) is 0 Å². The second-order valence-corrected chi connectivity index (χ2v) is 2.60. The summed E-state index contributed by atoms with van der Waals surface area (Å²) in [6, 6.07) is 0.464. The number of hydrogen-bond acceptors (Lipinski definition) is 2. The second-order valence-electron chi connectivity index (χ2n) is 2.60. The van der Waals surface area contributed by atoms with Crippen molar-refractivity contribution in [2.24, 2.45) is 10.7 Å². The van der Waals surface area contributed by atoms with E-state index >= 15 is 0 Å². The molecule has 0 aliphatic heterocycles. The molecule has 0 aromatic rings. The van der Waals surface area contributed by atoms with Crippen molar-refractivity contribution >= 4 is 5.71 Å². The average molecular weight is 154 g/mol.